The fourth-order valence-electron chi connectivity index (χ4n) is 4.75. The van der Waals surface area contributed by atoms with Gasteiger partial charge in [0, 0.05) is 19.4 Å². The standard InChI is InChI=1S/C24H30F2N5/c1-31(2,23-19-5-3-4-6-22(19)29-24(27)30-23)18-10-7-16(8-11-18)14-28-15-17-9-12-20(25)21(26)13-17/h3-6,9,12-13,16,18,28H,7-8,10-11,14-15H2,1-2H3,(H2,27,29,30)/q+1. The summed E-state index contributed by atoms with van der Waals surface area (Å²) in [6.07, 6.45) is 4.44. The van der Waals surface area contributed by atoms with Gasteiger partial charge >= 0.3 is 0 Å². The van der Waals surface area contributed by atoms with Crippen LogP contribution in [0.15, 0.2) is 42.5 Å². The van der Waals surface area contributed by atoms with Gasteiger partial charge in [-0.2, -0.15) is 4.98 Å². The molecule has 5 nitrogen and oxygen atoms in total. The second kappa shape index (κ2) is 8.85. The number of nitrogens with zero attached hydrogens (tertiary/aromatic N) is 3. The molecule has 0 radical (unpaired) electrons. The molecule has 2 aromatic carbocycles. The van der Waals surface area contributed by atoms with E-state index in [0.717, 1.165) is 54.5 Å². The zero-order chi connectivity index (χ0) is 22.0. The lowest BCUT2D eigenvalue weighted by atomic mass is 9.84. The number of anilines is 1. The second-order valence-electron chi connectivity index (χ2n) is 9.02. The number of rotatable bonds is 6. The molecule has 0 bridgehead atoms. The summed E-state index contributed by atoms with van der Waals surface area (Å²) in [4.78, 5) is 9.01. The molecular weight excluding hydrogens is 396 g/mol. The molecule has 0 unspecified atom stereocenters. The van der Waals surface area contributed by atoms with Crippen LogP contribution in [0.25, 0.3) is 10.9 Å². The molecule has 0 saturated heterocycles. The SMILES string of the molecule is C[N+](C)(c1nc(N)nc2ccccc12)C1CCC(CNCc2ccc(F)c(F)c2)CC1. The molecule has 1 aliphatic carbocycles. The quantitative estimate of drug-likeness (QED) is 0.574. The molecule has 164 valence electrons. The number of hydrogen-bond donors (Lipinski definition) is 2. The maximum absolute atomic E-state index is 13.4. The topological polar surface area (TPSA) is 63.8 Å². The molecule has 31 heavy (non-hydrogen) atoms. The van der Waals surface area contributed by atoms with Crippen LogP contribution in [0.5, 0.6) is 0 Å². The summed E-state index contributed by atoms with van der Waals surface area (Å²) < 4.78 is 27.1. The fraction of sp³-hybridized carbons (Fsp3) is 0.417. The maximum Gasteiger partial charge on any atom is 0.240 e. The van der Waals surface area contributed by atoms with Gasteiger partial charge in [0.05, 0.1) is 31.0 Å². The summed E-state index contributed by atoms with van der Waals surface area (Å²) in [6, 6.07) is 12.6. The average Bonchev–Trinajstić information content (AvgIpc) is 2.76. The number of benzene rings is 2. The van der Waals surface area contributed by atoms with Crippen LogP contribution in [0.2, 0.25) is 0 Å². The van der Waals surface area contributed by atoms with E-state index in [2.05, 4.69) is 35.4 Å². The summed E-state index contributed by atoms with van der Waals surface area (Å²) in [7, 11) is 4.42. The number of quaternary nitrogens is 1. The minimum atomic E-state index is -0.805. The fourth-order valence-corrected chi connectivity index (χ4v) is 4.75. The third-order valence-electron chi connectivity index (χ3n) is 6.62. The van der Waals surface area contributed by atoms with Gasteiger partial charge in [0.1, 0.15) is 0 Å². The van der Waals surface area contributed by atoms with E-state index < -0.39 is 11.6 Å². The molecule has 0 amide bonds. The Kier molecular flexibility index (Phi) is 6.16. The van der Waals surface area contributed by atoms with E-state index in [9.17, 15) is 8.78 Å². The number of aromatic nitrogens is 2. The van der Waals surface area contributed by atoms with E-state index in [1.807, 2.05) is 18.2 Å². The van der Waals surface area contributed by atoms with Crippen molar-refractivity contribution in [2.75, 3.05) is 26.4 Å². The molecule has 3 N–H and O–H groups in total. The Morgan fingerprint density at radius 3 is 2.48 bits per heavy atom. The van der Waals surface area contributed by atoms with Crippen molar-refractivity contribution >= 4 is 22.7 Å². The monoisotopic (exact) mass is 426 g/mol. The van der Waals surface area contributed by atoms with Crippen LogP contribution in [-0.2, 0) is 6.54 Å². The number of nitrogens with two attached hydrogens (primary N) is 1. The molecule has 4 rings (SSSR count). The van der Waals surface area contributed by atoms with Gasteiger partial charge in [-0.1, -0.05) is 18.2 Å². The van der Waals surface area contributed by atoms with Crippen LogP contribution < -0.4 is 15.5 Å². The molecule has 1 fully saturated rings. The summed E-state index contributed by atoms with van der Waals surface area (Å²) in [6.45, 7) is 1.42. The number of hydrogen-bond acceptors (Lipinski definition) is 4. The van der Waals surface area contributed by atoms with Gasteiger partial charge in [0.2, 0.25) is 11.8 Å². The van der Waals surface area contributed by atoms with Gasteiger partial charge < -0.3 is 11.1 Å². The Labute approximate surface area is 181 Å². The van der Waals surface area contributed by atoms with Crippen LogP contribution in [0.3, 0.4) is 0 Å². The first-order valence-electron chi connectivity index (χ1n) is 10.9. The van der Waals surface area contributed by atoms with Gasteiger partial charge in [0.25, 0.3) is 0 Å². The summed E-state index contributed by atoms with van der Waals surface area (Å²) in [5.41, 5.74) is 7.65. The largest absolute Gasteiger partial charge is 0.368 e. The molecule has 3 aromatic rings. The number of fused-ring (bicyclic) bond motifs is 1. The number of nitrogens with one attached hydrogen (secondary N) is 1. The van der Waals surface area contributed by atoms with Crippen LogP contribution in [-0.4, -0.2) is 36.6 Å². The first-order chi connectivity index (χ1) is 14.8. The van der Waals surface area contributed by atoms with Gasteiger partial charge in [-0.15, -0.1) is 0 Å². The summed E-state index contributed by atoms with van der Waals surface area (Å²) >= 11 is 0. The number of para-hydroxylation sites is 1. The molecule has 7 heteroatoms. The van der Waals surface area contributed by atoms with Crippen molar-refractivity contribution in [2.45, 2.75) is 38.3 Å². The minimum Gasteiger partial charge on any atom is -0.368 e. The normalized spacial score (nSPS) is 19.6. The molecular formula is C24H30F2N5+. The van der Waals surface area contributed by atoms with E-state index >= 15 is 0 Å². The minimum absolute atomic E-state index is 0.315. The third kappa shape index (κ3) is 4.67. The van der Waals surface area contributed by atoms with Gasteiger partial charge in [-0.25, -0.2) is 13.8 Å². The zero-order valence-corrected chi connectivity index (χ0v) is 18.1. The second-order valence-corrected chi connectivity index (χ2v) is 9.02. The number of nitrogen functional groups attached to an aromatic ring is 1. The molecule has 1 aliphatic rings. The highest BCUT2D eigenvalue weighted by Gasteiger charge is 2.37. The number of halogens is 2. The maximum atomic E-state index is 13.4. The highest BCUT2D eigenvalue weighted by molar-refractivity contribution is 5.89. The average molecular weight is 427 g/mol. The van der Waals surface area contributed by atoms with Crippen molar-refractivity contribution in [1.29, 1.82) is 0 Å². The predicted molar refractivity (Wildman–Crippen MR) is 121 cm³/mol. The van der Waals surface area contributed by atoms with Gasteiger partial charge in [0.15, 0.2) is 11.6 Å². The Morgan fingerprint density at radius 2 is 1.74 bits per heavy atom. The molecule has 0 atom stereocenters. The van der Waals surface area contributed by atoms with E-state index in [-0.39, 0.29) is 0 Å². The smallest absolute Gasteiger partial charge is 0.240 e. The van der Waals surface area contributed by atoms with Crippen molar-refractivity contribution < 1.29 is 8.78 Å². The molecule has 1 heterocycles. The van der Waals surface area contributed by atoms with Crippen molar-refractivity contribution in [3.05, 3.63) is 59.7 Å². The zero-order valence-electron chi connectivity index (χ0n) is 18.1. The van der Waals surface area contributed by atoms with E-state index in [1.165, 1.54) is 12.1 Å². The van der Waals surface area contributed by atoms with Gasteiger partial charge in [-0.3, -0.25) is 4.48 Å². The molecule has 1 aromatic heterocycles. The Balaban J connectivity index is 1.36. The van der Waals surface area contributed by atoms with Crippen molar-refractivity contribution in [1.82, 2.24) is 19.8 Å². The first-order valence-corrected chi connectivity index (χ1v) is 10.9. The first kappa shape index (κ1) is 21.6. The summed E-state index contributed by atoms with van der Waals surface area (Å²) in [5, 5.41) is 4.46. The van der Waals surface area contributed by atoms with Crippen molar-refractivity contribution in [2.24, 2.45) is 5.92 Å². The van der Waals surface area contributed by atoms with E-state index in [0.29, 0.717) is 28.9 Å². The highest BCUT2D eigenvalue weighted by atomic mass is 19.2. The van der Waals surface area contributed by atoms with Crippen LogP contribution >= 0.6 is 0 Å². The lowest BCUT2D eigenvalue weighted by Gasteiger charge is -2.40. The Hall–Kier alpha value is -2.64. The lowest BCUT2D eigenvalue weighted by molar-refractivity contribution is 0.190. The van der Waals surface area contributed by atoms with Crippen LogP contribution in [0.4, 0.5) is 20.5 Å². The highest BCUT2D eigenvalue weighted by Crippen LogP contribution is 2.36. The lowest BCUT2D eigenvalue weighted by Crippen LogP contribution is -2.52. The van der Waals surface area contributed by atoms with Gasteiger partial charge in [-0.05, 0) is 55.1 Å². The van der Waals surface area contributed by atoms with Crippen molar-refractivity contribution in [3.8, 4) is 0 Å². The Morgan fingerprint density at radius 1 is 1.00 bits per heavy atom. The van der Waals surface area contributed by atoms with Crippen LogP contribution in [0, 0.1) is 17.6 Å². The third-order valence-corrected chi connectivity index (χ3v) is 6.62. The van der Waals surface area contributed by atoms with E-state index in [1.54, 1.807) is 6.07 Å². The van der Waals surface area contributed by atoms with E-state index in [4.69, 9.17) is 5.73 Å². The predicted octanol–water partition coefficient (Wildman–Crippen LogP) is 4.41. The Bertz CT molecular complexity index is 1060. The summed E-state index contributed by atoms with van der Waals surface area (Å²) in [5.74, 6) is 0.269. The van der Waals surface area contributed by atoms with Crippen LogP contribution in [0.1, 0.15) is 31.2 Å². The van der Waals surface area contributed by atoms with Crippen molar-refractivity contribution in [3.63, 3.8) is 0 Å². The molecule has 1 saturated carbocycles. The molecule has 0 aliphatic heterocycles. The molecule has 0 spiro atoms.